The second kappa shape index (κ2) is 7.22. The van der Waals surface area contributed by atoms with Gasteiger partial charge in [0, 0.05) is 9.26 Å². The first-order valence-electron chi connectivity index (χ1n) is 5.98. The predicted octanol–water partition coefficient (Wildman–Crippen LogP) is 0.856. The molecule has 0 aliphatic heterocycles. The van der Waals surface area contributed by atoms with Gasteiger partial charge in [-0.15, -0.1) is 0 Å². The van der Waals surface area contributed by atoms with Crippen LogP contribution in [0.25, 0.3) is 0 Å². The fraction of sp³-hybridized carbons (Fsp3) is 0.308. The quantitative estimate of drug-likeness (QED) is 0.526. The molecule has 1 aromatic carbocycles. The van der Waals surface area contributed by atoms with Crippen molar-refractivity contribution in [2.24, 2.45) is 11.7 Å². The summed E-state index contributed by atoms with van der Waals surface area (Å²) in [5.41, 5.74) is 5.67. The number of hydrogen-bond acceptors (Lipinski definition) is 3. The van der Waals surface area contributed by atoms with E-state index >= 15 is 0 Å². The minimum atomic E-state index is -0.888. The van der Waals surface area contributed by atoms with Crippen LogP contribution in [0.5, 0.6) is 0 Å². The summed E-state index contributed by atoms with van der Waals surface area (Å²) in [7, 11) is 0. The molecule has 0 aliphatic rings. The molecule has 0 spiro atoms. The molecule has 6 nitrogen and oxygen atoms in total. The lowest BCUT2D eigenvalue weighted by Gasteiger charge is -2.18. The molecule has 1 aromatic rings. The Morgan fingerprint density at radius 3 is 2.10 bits per heavy atom. The number of hydrogen-bond donors (Lipinski definition) is 3. The summed E-state index contributed by atoms with van der Waals surface area (Å²) in [6, 6.07) is 6.09. The molecular formula is C13H16IN3O3. The molecule has 0 fully saturated rings. The van der Waals surface area contributed by atoms with Gasteiger partial charge < -0.3 is 16.4 Å². The van der Waals surface area contributed by atoms with Crippen LogP contribution in [-0.2, 0) is 14.4 Å². The van der Waals surface area contributed by atoms with Crippen LogP contribution in [0.2, 0.25) is 0 Å². The molecule has 0 unspecified atom stereocenters. The normalized spacial score (nSPS) is 11.8. The third kappa shape index (κ3) is 4.80. The van der Waals surface area contributed by atoms with Crippen LogP contribution in [0, 0.1) is 9.49 Å². The first-order chi connectivity index (χ1) is 9.31. The van der Waals surface area contributed by atoms with E-state index in [4.69, 9.17) is 5.73 Å². The van der Waals surface area contributed by atoms with Crippen molar-refractivity contribution in [2.45, 2.75) is 19.9 Å². The second-order valence-corrected chi connectivity index (χ2v) is 5.80. The van der Waals surface area contributed by atoms with Crippen LogP contribution in [0.1, 0.15) is 13.8 Å². The first-order valence-corrected chi connectivity index (χ1v) is 7.06. The van der Waals surface area contributed by atoms with Gasteiger partial charge in [0.05, 0.1) is 0 Å². The molecule has 20 heavy (non-hydrogen) atoms. The number of amides is 3. The highest BCUT2D eigenvalue weighted by Crippen LogP contribution is 2.11. The zero-order chi connectivity index (χ0) is 15.3. The first kappa shape index (κ1) is 16.4. The fourth-order valence-corrected chi connectivity index (χ4v) is 1.85. The van der Waals surface area contributed by atoms with E-state index in [0.717, 1.165) is 3.57 Å². The molecule has 0 radical (unpaired) electrons. The largest absolute Gasteiger partial charge is 0.368 e. The van der Waals surface area contributed by atoms with Gasteiger partial charge in [0.15, 0.2) is 0 Å². The number of rotatable bonds is 4. The summed E-state index contributed by atoms with van der Waals surface area (Å²) in [4.78, 5) is 34.6. The van der Waals surface area contributed by atoms with Crippen molar-refractivity contribution in [2.75, 3.05) is 5.32 Å². The average molecular weight is 389 g/mol. The molecule has 0 heterocycles. The summed E-state index contributed by atoms with van der Waals surface area (Å²) >= 11 is 2.13. The maximum Gasteiger partial charge on any atom is 0.313 e. The summed E-state index contributed by atoms with van der Waals surface area (Å²) in [5, 5.41) is 4.77. The molecule has 4 N–H and O–H groups in total. The number of nitrogens with two attached hydrogens (primary N) is 1. The predicted molar refractivity (Wildman–Crippen MR) is 83.8 cm³/mol. The fourth-order valence-electron chi connectivity index (χ4n) is 1.49. The standard InChI is InChI=1S/C13H16IN3O3/c1-7(2)10(11(15)18)17-13(20)12(19)16-9-5-3-8(14)4-6-9/h3-7,10H,1-2H3,(H2,15,18)(H,16,19)(H,17,20)/t10-/m0/s1. The van der Waals surface area contributed by atoms with E-state index in [9.17, 15) is 14.4 Å². The number of benzene rings is 1. The number of anilines is 1. The molecule has 108 valence electrons. The van der Waals surface area contributed by atoms with Gasteiger partial charge in [-0.25, -0.2) is 0 Å². The minimum Gasteiger partial charge on any atom is -0.368 e. The van der Waals surface area contributed by atoms with Crippen molar-refractivity contribution < 1.29 is 14.4 Å². The molecule has 3 amide bonds. The Morgan fingerprint density at radius 1 is 1.10 bits per heavy atom. The Balaban J connectivity index is 2.65. The van der Waals surface area contributed by atoms with Crippen molar-refractivity contribution in [3.8, 4) is 0 Å². The Labute approximate surface area is 130 Å². The molecule has 0 saturated carbocycles. The number of primary amides is 1. The lowest BCUT2D eigenvalue weighted by molar-refractivity contribution is -0.138. The van der Waals surface area contributed by atoms with Gasteiger partial charge in [-0.1, -0.05) is 13.8 Å². The molecule has 0 saturated heterocycles. The molecule has 0 aliphatic carbocycles. The average Bonchev–Trinajstić information content (AvgIpc) is 2.37. The SMILES string of the molecule is CC(C)[C@H](NC(=O)C(=O)Nc1ccc(I)cc1)C(N)=O. The van der Waals surface area contributed by atoms with Crippen LogP contribution >= 0.6 is 22.6 Å². The maximum absolute atomic E-state index is 11.7. The lowest BCUT2D eigenvalue weighted by Crippen LogP contribution is -2.50. The zero-order valence-electron chi connectivity index (χ0n) is 11.1. The van der Waals surface area contributed by atoms with Crippen LogP contribution in [0.4, 0.5) is 5.69 Å². The molecule has 0 aromatic heterocycles. The molecule has 0 bridgehead atoms. The Kier molecular flexibility index (Phi) is 5.93. The monoisotopic (exact) mass is 389 g/mol. The number of nitrogens with one attached hydrogen (secondary N) is 2. The molecule has 7 heteroatoms. The summed E-state index contributed by atoms with van der Waals surface area (Å²) in [6.45, 7) is 3.46. The van der Waals surface area contributed by atoms with E-state index in [1.165, 1.54) is 0 Å². The number of carbonyl (C=O) groups is 3. The zero-order valence-corrected chi connectivity index (χ0v) is 13.3. The van der Waals surface area contributed by atoms with Crippen molar-refractivity contribution in [1.29, 1.82) is 0 Å². The van der Waals surface area contributed by atoms with Crippen LogP contribution in [0.3, 0.4) is 0 Å². The number of halogens is 1. The van der Waals surface area contributed by atoms with Gasteiger partial charge in [0.2, 0.25) is 5.91 Å². The van der Waals surface area contributed by atoms with Gasteiger partial charge >= 0.3 is 11.8 Å². The van der Waals surface area contributed by atoms with E-state index < -0.39 is 23.8 Å². The topological polar surface area (TPSA) is 101 Å². The van der Waals surface area contributed by atoms with Gasteiger partial charge in [0.25, 0.3) is 0 Å². The smallest absolute Gasteiger partial charge is 0.313 e. The lowest BCUT2D eigenvalue weighted by atomic mass is 10.0. The summed E-state index contributed by atoms with van der Waals surface area (Å²) in [6.07, 6.45) is 0. The third-order valence-electron chi connectivity index (χ3n) is 2.57. The van der Waals surface area contributed by atoms with Crippen LogP contribution < -0.4 is 16.4 Å². The van der Waals surface area contributed by atoms with Crippen molar-refractivity contribution >= 4 is 46.0 Å². The highest BCUT2D eigenvalue weighted by atomic mass is 127. The molecular weight excluding hydrogens is 373 g/mol. The second-order valence-electron chi connectivity index (χ2n) is 4.56. The van der Waals surface area contributed by atoms with Crippen LogP contribution in [-0.4, -0.2) is 23.8 Å². The van der Waals surface area contributed by atoms with E-state index in [0.29, 0.717) is 5.69 Å². The highest BCUT2D eigenvalue weighted by Gasteiger charge is 2.24. The number of carbonyl (C=O) groups excluding carboxylic acids is 3. The minimum absolute atomic E-state index is 0.192. The van der Waals surface area contributed by atoms with Crippen molar-refractivity contribution in [3.05, 3.63) is 27.8 Å². The van der Waals surface area contributed by atoms with E-state index in [1.807, 2.05) is 0 Å². The molecule has 1 rings (SSSR count). The summed E-state index contributed by atoms with van der Waals surface area (Å²) in [5.74, 6) is -2.59. The Bertz CT molecular complexity index is 514. The van der Waals surface area contributed by atoms with Crippen molar-refractivity contribution in [3.63, 3.8) is 0 Å². The summed E-state index contributed by atoms with van der Waals surface area (Å²) < 4.78 is 1.01. The van der Waals surface area contributed by atoms with E-state index in [2.05, 4.69) is 33.2 Å². The Hall–Kier alpha value is -1.64. The van der Waals surface area contributed by atoms with Gasteiger partial charge in [-0.3, -0.25) is 14.4 Å². The Morgan fingerprint density at radius 2 is 1.65 bits per heavy atom. The van der Waals surface area contributed by atoms with Gasteiger partial charge in [-0.05, 0) is 52.8 Å². The van der Waals surface area contributed by atoms with Crippen LogP contribution in [0.15, 0.2) is 24.3 Å². The highest BCUT2D eigenvalue weighted by molar-refractivity contribution is 14.1. The van der Waals surface area contributed by atoms with Crippen molar-refractivity contribution in [1.82, 2.24) is 5.32 Å². The molecule has 1 atom stereocenters. The van der Waals surface area contributed by atoms with Gasteiger partial charge in [-0.2, -0.15) is 0 Å². The maximum atomic E-state index is 11.7. The van der Waals surface area contributed by atoms with E-state index in [-0.39, 0.29) is 5.92 Å². The third-order valence-corrected chi connectivity index (χ3v) is 3.29. The van der Waals surface area contributed by atoms with Gasteiger partial charge in [0.1, 0.15) is 6.04 Å². The van der Waals surface area contributed by atoms with E-state index in [1.54, 1.807) is 38.1 Å².